The van der Waals surface area contributed by atoms with Crippen LogP contribution < -0.4 is 10.1 Å². The molecule has 2 N–H and O–H groups in total. The van der Waals surface area contributed by atoms with Gasteiger partial charge in [0.15, 0.2) is 0 Å². The second-order valence-corrected chi connectivity index (χ2v) is 8.68. The Morgan fingerprint density at radius 1 is 0.765 bits per heavy atom. The summed E-state index contributed by atoms with van der Waals surface area (Å²) in [5.41, 5.74) is 5.07. The number of nitrogens with one attached hydrogen (secondary N) is 2. The standard InChI is InChI=1S/C31H32N2O/c1-4-29(32)28-22-27(34-23(2)3)20-21-30(28)33-31(24-14-8-5-9-15-24,25-16-10-6-11-17-25)26-18-12-7-13-19-26/h5-23,32-33H,4H2,1-3H3. The molecule has 172 valence electrons. The van der Waals surface area contributed by atoms with E-state index < -0.39 is 5.54 Å². The van der Waals surface area contributed by atoms with Gasteiger partial charge in [0.05, 0.1) is 6.10 Å². The first kappa shape index (κ1) is 23.3. The number of benzene rings is 4. The van der Waals surface area contributed by atoms with Gasteiger partial charge >= 0.3 is 0 Å². The quantitative estimate of drug-likeness (QED) is 0.204. The SMILES string of the molecule is CCC(=N)c1cc(OC(C)C)ccc1NC(c1ccccc1)(c1ccccc1)c1ccccc1. The van der Waals surface area contributed by atoms with Crippen molar-refractivity contribution in [3.8, 4) is 5.75 Å². The molecule has 0 unspecified atom stereocenters. The van der Waals surface area contributed by atoms with Crippen LogP contribution in [0.5, 0.6) is 5.75 Å². The van der Waals surface area contributed by atoms with Crippen LogP contribution in [0.1, 0.15) is 49.4 Å². The molecule has 0 heterocycles. The zero-order valence-electron chi connectivity index (χ0n) is 20.1. The number of hydrogen-bond donors (Lipinski definition) is 2. The predicted octanol–water partition coefficient (Wildman–Crippen LogP) is 7.66. The topological polar surface area (TPSA) is 45.1 Å². The van der Waals surface area contributed by atoms with E-state index in [4.69, 9.17) is 10.1 Å². The minimum atomic E-state index is -0.646. The van der Waals surface area contributed by atoms with Crippen LogP contribution in [0.3, 0.4) is 0 Å². The Morgan fingerprint density at radius 3 is 1.65 bits per heavy atom. The van der Waals surface area contributed by atoms with Gasteiger partial charge in [-0.15, -0.1) is 0 Å². The predicted molar refractivity (Wildman–Crippen MR) is 142 cm³/mol. The average Bonchev–Trinajstić information content (AvgIpc) is 2.88. The maximum Gasteiger partial charge on any atom is 0.120 e. The third-order valence-electron chi connectivity index (χ3n) is 5.98. The fourth-order valence-corrected chi connectivity index (χ4v) is 4.40. The first-order chi connectivity index (χ1) is 16.5. The van der Waals surface area contributed by atoms with Gasteiger partial charge in [0.25, 0.3) is 0 Å². The second kappa shape index (κ2) is 10.4. The molecular formula is C31H32N2O. The third-order valence-corrected chi connectivity index (χ3v) is 5.98. The second-order valence-electron chi connectivity index (χ2n) is 8.68. The number of rotatable bonds is 9. The first-order valence-corrected chi connectivity index (χ1v) is 11.9. The molecule has 0 radical (unpaired) electrons. The van der Waals surface area contributed by atoms with Crippen molar-refractivity contribution >= 4 is 11.4 Å². The van der Waals surface area contributed by atoms with Crippen LogP contribution in [0.2, 0.25) is 0 Å². The summed E-state index contributed by atoms with van der Waals surface area (Å²) >= 11 is 0. The van der Waals surface area contributed by atoms with Crippen molar-refractivity contribution in [1.82, 2.24) is 0 Å². The van der Waals surface area contributed by atoms with Crippen molar-refractivity contribution in [1.29, 1.82) is 5.41 Å². The van der Waals surface area contributed by atoms with Gasteiger partial charge in [-0.2, -0.15) is 0 Å². The Bertz CT molecular complexity index is 1120. The van der Waals surface area contributed by atoms with Crippen molar-refractivity contribution in [2.75, 3.05) is 5.32 Å². The van der Waals surface area contributed by atoms with Gasteiger partial charge < -0.3 is 15.5 Å². The molecule has 0 aliphatic rings. The Morgan fingerprint density at radius 2 is 1.24 bits per heavy atom. The smallest absolute Gasteiger partial charge is 0.120 e. The van der Waals surface area contributed by atoms with Crippen molar-refractivity contribution in [3.63, 3.8) is 0 Å². The molecule has 0 aliphatic heterocycles. The Hall–Kier alpha value is -3.85. The Labute approximate surface area is 203 Å². The van der Waals surface area contributed by atoms with E-state index >= 15 is 0 Å². The highest BCUT2D eigenvalue weighted by molar-refractivity contribution is 6.03. The van der Waals surface area contributed by atoms with Crippen molar-refractivity contribution in [2.24, 2.45) is 0 Å². The van der Waals surface area contributed by atoms with E-state index in [1.165, 1.54) is 0 Å². The summed E-state index contributed by atoms with van der Waals surface area (Å²) in [7, 11) is 0. The van der Waals surface area contributed by atoms with Gasteiger partial charge in [-0.05, 0) is 55.2 Å². The lowest BCUT2D eigenvalue weighted by atomic mass is 9.76. The van der Waals surface area contributed by atoms with Gasteiger partial charge in [0.1, 0.15) is 11.3 Å². The lowest BCUT2D eigenvalue weighted by Gasteiger charge is -2.38. The third kappa shape index (κ3) is 4.74. The summed E-state index contributed by atoms with van der Waals surface area (Å²) in [6, 6.07) is 37.6. The summed E-state index contributed by atoms with van der Waals surface area (Å²) in [6.45, 7) is 6.05. The molecule has 4 aromatic carbocycles. The molecule has 0 saturated heterocycles. The molecule has 0 saturated carbocycles. The monoisotopic (exact) mass is 448 g/mol. The van der Waals surface area contributed by atoms with Gasteiger partial charge in [-0.3, -0.25) is 0 Å². The lowest BCUT2D eigenvalue weighted by molar-refractivity contribution is 0.242. The van der Waals surface area contributed by atoms with Gasteiger partial charge in [0.2, 0.25) is 0 Å². The molecule has 0 fully saturated rings. The molecule has 0 bridgehead atoms. The van der Waals surface area contributed by atoms with E-state index in [0.717, 1.165) is 33.7 Å². The minimum Gasteiger partial charge on any atom is -0.491 e. The summed E-state index contributed by atoms with van der Waals surface area (Å²) < 4.78 is 5.96. The summed E-state index contributed by atoms with van der Waals surface area (Å²) in [5.74, 6) is 0.776. The van der Waals surface area contributed by atoms with Gasteiger partial charge in [0, 0.05) is 17.0 Å². The molecule has 0 aromatic heterocycles. The number of hydrogen-bond acceptors (Lipinski definition) is 3. The van der Waals surface area contributed by atoms with Crippen molar-refractivity contribution in [3.05, 3.63) is 131 Å². The van der Waals surface area contributed by atoms with E-state index in [1.807, 2.05) is 57.2 Å². The summed E-state index contributed by atoms with van der Waals surface area (Å²) in [5, 5.41) is 12.6. The summed E-state index contributed by atoms with van der Waals surface area (Å²) in [6.07, 6.45) is 0.703. The maximum absolute atomic E-state index is 8.72. The van der Waals surface area contributed by atoms with E-state index in [2.05, 4.69) is 78.1 Å². The molecule has 3 nitrogen and oxygen atoms in total. The van der Waals surface area contributed by atoms with Gasteiger partial charge in [-0.25, -0.2) is 0 Å². The largest absolute Gasteiger partial charge is 0.491 e. The van der Waals surface area contributed by atoms with Crippen LogP contribution in [0.25, 0.3) is 0 Å². The molecular weight excluding hydrogens is 416 g/mol. The van der Waals surface area contributed by atoms with Crippen LogP contribution in [-0.4, -0.2) is 11.8 Å². The molecule has 3 heteroatoms. The first-order valence-electron chi connectivity index (χ1n) is 11.9. The summed E-state index contributed by atoms with van der Waals surface area (Å²) in [4.78, 5) is 0. The normalized spacial score (nSPS) is 11.3. The molecule has 0 aliphatic carbocycles. The molecule has 0 atom stereocenters. The van der Waals surface area contributed by atoms with Crippen LogP contribution in [0.4, 0.5) is 5.69 Å². The Balaban J connectivity index is 1.97. The zero-order valence-corrected chi connectivity index (χ0v) is 20.1. The highest BCUT2D eigenvalue weighted by Crippen LogP contribution is 2.41. The molecule has 0 spiro atoms. The Kier molecular flexibility index (Phi) is 7.12. The molecule has 34 heavy (non-hydrogen) atoms. The van der Waals surface area contributed by atoms with E-state index in [-0.39, 0.29) is 6.10 Å². The fourth-order valence-electron chi connectivity index (χ4n) is 4.40. The molecule has 0 amide bonds. The highest BCUT2D eigenvalue weighted by atomic mass is 16.5. The van der Waals surface area contributed by atoms with E-state index in [9.17, 15) is 0 Å². The molecule has 4 aromatic rings. The zero-order chi connectivity index (χ0) is 24.0. The van der Waals surface area contributed by atoms with Crippen LogP contribution in [0, 0.1) is 5.41 Å². The highest BCUT2D eigenvalue weighted by Gasteiger charge is 2.37. The van der Waals surface area contributed by atoms with Crippen LogP contribution >= 0.6 is 0 Å². The van der Waals surface area contributed by atoms with Crippen molar-refractivity contribution in [2.45, 2.75) is 38.8 Å². The van der Waals surface area contributed by atoms with E-state index in [0.29, 0.717) is 12.1 Å². The minimum absolute atomic E-state index is 0.0690. The number of anilines is 1. The molecule has 4 rings (SSSR count). The van der Waals surface area contributed by atoms with Crippen LogP contribution in [0.15, 0.2) is 109 Å². The van der Waals surface area contributed by atoms with E-state index in [1.54, 1.807) is 0 Å². The maximum atomic E-state index is 8.72. The van der Waals surface area contributed by atoms with Crippen LogP contribution in [-0.2, 0) is 5.54 Å². The van der Waals surface area contributed by atoms with Gasteiger partial charge in [-0.1, -0.05) is 97.9 Å². The average molecular weight is 449 g/mol. The fraction of sp³-hybridized carbons (Fsp3) is 0.194. The van der Waals surface area contributed by atoms with Crippen molar-refractivity contribution < 1.29 is 4.74 Å². The lowest BCUT2D eigenvalue weighted by Crippen LogP contribution is -2.38. The number of ether oxygens (including phenoxy) is 1.